The summed E-state index contributed by atoms with van der Waals surface area (Å²) >= 11 is 5.22. The number of anilines is 1. The van der Waals surface area contributed by atoms with E-state index in [4.69, 9.17) is 4.74 Å². The van der Waals surface area contributed by atoms with Crippen molar-refractivity contribution in [3.05, 3.63) is 46.4 Å². The number of thiophene rings is 1. The van der Waals surface area contributed by atoms with Gasteiger partial charge in [-0.15, -0.1) is 11.3 Å². The van der Waals surface area contributed by atoms with Gasteiger partial charge >= 0.3 is 5.97 Å². The zero-order valence-corrected chi connectivity index (χ0v) is 20.4. The predicted molar refractivity (Wildman–Crippen MR) is 126 cm³/mol. The summed E-state index contributed by atoms with van der Waals surface area (Å²) in [7, 11) is 0. The van der Waals surface area contributed by atoms with Crippen molar-refractivity contribution < 1.29 is 19.4 Å². The van der Waals surface area contributed by atoms with E-state index in [0.717, 1.165) is 10.4 Å². The summed E-state index contributed by atoms with van der Waals surface area (Å²) < 4.78 is 6.30. The number of carbonyl (C=O) groups is 2. The van der Waals surface area contributed by atoms with Gasteiger partial charge in [0.05, 0.1) is 19.3 Å². The third-order valence-electron chi connectivity index (χ3n) is 3.81. The topological polar surface area (TPSA) is 99.4 Å². The van der Waals surface area contributed by atoms with Gasteiger partial charge in [-0.1, -0.05) is 0 Å². The number of aryl methyl sites for hydroxylation is 1. The van der Waals surface area contributed by atoms with Crippen molar-refractivity contribution in [2.24, 2.45) is 0 Å². The van der Waals surface area contributed by atoms with Crippen LogP contribution < -0.4 is 5.32 Å². The van der Waals surface area contributed by atoms with Crippen molar-refractivity contribution in [2.75, 3.05) is 11.9 Å². The number of nitrogens with zero attached hydrogens (tertiary/aromatic N) is 1. The van der Waals surface area contributed by atoms with Gasteiger partial charge in [0.25, 0.3) is 5.91 Å². The lowest BCUT2D eigenvalue weighted by Gasteiger charge is -2.07. The number of hydrogen-bond acceptors (Lipinski definition) is 6. The van der Waals surface area contributed by atoms with Crippen LogP contribution in [0, 0.1) is 32.3 Å². The highest BCUT2D eigenvalue weighted by molar-refractivity contribution is 14.1. The third kappa shape index (κ3) is 5.03. The monoisotopic (exact) mass is 622 g/mol. The molecule has 0 aliphatic rings. The molecule has 1 amide bonds. The zero-order valence-electron chi connectivity index (χ0n) is 15.2. The largest absolute Gasteiger partial charge is 0.506 e. The quantitative estimate of drug-likeness (QED) is 0.212. The van der Waals surface area contributed by atoms with Gasteiger partial charge in [0, 0.05) is 4.88 Å². The molecule has 2 N–H and O–H groups in total. The van der Waals surface area contributed by atoms with E-state index in [2.05, 4.69) is 5.32 Å². The standard InChI is InChI=1S/C19H16I2N2O4S/c1-4-27-19(26)15-9(2)10(3)28-18(15)23-17(25)12(8-22)5-11-6-13(20)16(24)14(21)7-11/h5-7,24H,4H2,1-3H3,(H,23,25). The number of hydrogen-bond donors (Lipinski definition) is 2. The van der Waals surface area contributed by atoms with Gasteiger partial charge < -0.3 is 15.2 Å². The lowest BCUT2D eigenvalue weighted by atomic mass is 10.1. The second kappa shape index (κ2) is 9.71. The molecular formula is C19H16I2N2O4S. The number of phenols is 1. The molecule has 0 saturated heterocycles. The molecule has 1 aromatic carbocycles. The number of esters is 1. The number of amides is 1. The van der Waals surface area contributed by atoms with Crippen molar-refractivity contribution in [2.45, 2.75) is 20.8 Å². The minimum absolute atomic E-state index is 0.115. The minimum atomic E-state index is -0.618. The van der Waals surface area contributed by atoms with Crippen LogP contribution in [0.5, 0.6) is 5.75 Å². The molecule has 0 atom stereocenters. The molecule has 1 aromatic heterocycles. The maximum Gasteiger partial charge on any atom is 0.341 e. The fourth-order valence-corrected chi connectivity index (χ4v) is 5.18. The van der Waals surface area contributed by atoms with Gasteiger partial charge in [0.1, 0.15) is 22.4 Å². The molecule has 28 heavy (non-hydrogen) atoms. The predicted octanol–water partition coefficient (Wildman–Crippen LogP) is 5.00. The molecule has 6 nitrogen and oxygen atoms in total. The van der Waals surface area contributed by atoms with E-state index in [1.54, 1.807) is 26.0 Å². The van der Waals surface area contributed by atoms with Crippen LogP contribution in [0.15, 0.2) is 17.7 Å². The van der Waals surface area contributed by atoms with Crippen molar-refractivity contribution in [3.8, 4) is 11.8 Å². The lowest BCUT2D eigenvalue weighted by molar-refractivity contribution is -0.112. The normalized spacial score (nSPS) is 11.1. The number of ether oxygens (including phenoxy) is 1. The van der Waals surface area contributed by atoms with E-state index in [1.807, 2.05) is 58.2 Å². The van der Waals surface area contributed by atoms with Crippen molar-refractivity contribution in [1.29, 1.82) is 5.26 Å². The second-order valence-corrected chi connectivity index (χ2v) is 9.21. The molecule has 2 aromatic rings. The Morgan fingerprint density at radius 3 is 2.46 bits per heavy atom. The Hall–Kier alpha value is -1.65. The van der Waals surface area contributed by atoms with Crippen LogP contribution in [0.3, 0.4) is 0 Å². The van der Waals surface area contributed by atoms with Crippen LogP contribution >= 0.6 is 56.5 Å². The highest BCUT2D eigenvalue weighted by Crippen LogP contribution is 2.33. The molecule has 0 aliphatic carbocycles. The molecule has 1 heterocycles. The van der Waals surface area contributed by atoms with Crippen LogP contribution in [0.1, 0.15) is 33.3 Å². The van der Waals surface area contributed by atoms with E-state index < -0.39 is 11.9 Å². The van der Waals surface area contributed by atoms with E-state index in [-0.39, 0.29) is 17.9 Å². The number of phenolic OH excluding ortho intramolecular Hbond substituents is 1. The van der Waals surface area contributed by atoms with Gasteiger partial charge in [-0.05, 0) is 95.3 Å². The van der Waals surface area contributed by atoms with Gasteiger partial charge in [0.2, 0.25) is 0 Å². The molecule has 146 valence electrons. The van der Waals surface area contributed by atoms with Crippen molar-refractivity contribution in [1.82, 2.24) is 0 Å². The van der Waals surface area contributed by atoms with E-state index in [1.165, 1.54) is 17.4 Å². The Morgan fingerprint density at radius 1 is 1.32 bits per heavy atom. The van der Waals surface area contributed by atoms with Gasteiger partial charge in [-0.3, -0.25) is 4.79 Å². The van der Waals surface area contributed by atoms with Crippen LogP contribution in [0.4, 0.5) is 5.00 Å². The van der Waals surface area contributed by atoms with E-state index >= 15 is 0 Å². The summed E-state index contributed by atoms with van der Waals surface area (Å²) in [5.41, 5.74) is 1.55. The number of nitrogens with one attached hydrogen (secondary N) is 1. The van der Waals surface area contributed by atoms with Gasteiger partial charge in [-0.2, -0.15) is 5.26 Å². The molecule has 0 fully saturated rings. The Balaban J connectivity index is 2.37. The first kappa shape index (κ1) is 22.6. The lowest BCUT2D eigenvalue weighted by Crippen LogP contribution is -2.16. The van der Waals surface area contributed by atoms with Crippen LogP contribution in [0.2, 0.25) is 0 Å². The van der Waals surface area contributed by atoms with E-state index in [0.29, 0.717) is 23.3 Å². The Morgan fingerprint density at radius 2 is 1.93 bits per heavy atom. The van der Waals surface area contributed by atoms with Crippen LogP contribution in [0.25, 0.3) is 6.08 Å². The summed E-state index contributed by atoms with van der Waals surface area (Å²) in [6, 6.07) is 5.24. The highest BCUT2D eigenvalue weighted by atomic mass is 127. The minimum Gasteiger partial charge on any atom is -0.506 e. The fraction of sp³-hybridized carbons (Fsp3) is 0.211. The highest BCUT2D eigenvalue weighted by Gasteiger charge is 2.23. The maximum absolute atomic E-state index is 12.6. The van der Waals surface area contributed by atoms with Crippen molar-refractivity contribution >= 4 is 79.5 Å². The molecule has 9 heteroatoms. The molecule has 0 aliphatic heterocycles. The fourth-order valence-electron chi connectivity index (χ4n) is 2.32. The molecule has 0 bridgehead atoms. The van der Waals surface area contributed by atoms with Crippen LogP contribution in [-0.2, 0) is 9.53 Å². The molecule has 0 unspecified atom stereocenters. The Kier molecular flexibility index (Phi) is 7.85. The number of nitriles is 1. The maximum atomic E-state index is 12.6. The second-order valence-electron chi connectivity index (χ2n) is 5.66. The number of rotatable bonds is 5. The molecular weight excluding hydrogens is 606 g/mol. The Bertz CT molecular complexity index is 999. The SMILES string of the molecule is CCOC(=O)c1c(NC(=O)C(C#N)=Cc2cc(I)c(O)c(I)c2)sc(C)c1C. The smallest absolute Gasteiger partial charge is 0.341 e. The first-order chi connectivity index (χ1) is 13.2. The van der Waals surface area contributed by atoms with Crippen LogP contribution in [-0.4, -0.2) is 23.6 Å². The van der Waals surface area contributed by atoms with Gasteiger partial charge in [0.15, 0.2) is 0 Å². The van der Waals surface area contributed by atoms with Gasteiger partial charge in [-0.25, -0.2) is 4.79 Å². The first-order valence-corrected chi connectivity index (χ1v) is 11.0. The Labute approximate surface area is 193 Å². The molecule has 0 spiro atoms. The van der Waals surface area contributed by atoms with E-state index in [9.17, 15) is 20.0 Å². The summed E-state index contributed by atoms with van der Waals surface area (Å²) in [4.78, 5) is 25.8. The average Bonchev–Trinajstić information content (AvgIpc) is 2.91. The summed E-state index contributed by atoms with van der Waals surface area (Å²) in [6.45, 7) is 5.57. The molecule has 0 saturated carbocycles. The number of halogens is 2. The number of carbonyl (C=O) groups excluding carboxylic acids is 2. The number of benzene rings is 1. The van der Waals surface area contributed by atoms with Crippen molar-refractivity contribution in [3.63, 3.8) is 0 Å². The molecule has 2 rings (SSSR count). The summed E-state index contributed by atoms with van der Waals surface area (Å²) in [5.74, 6) is -0.970. The average molecular weight is 622 g/mol. The molecule has 0 radical (unpaired) electrons. The summed E-state index contributed by atoms with van der Waals surface area (Å²) in [5, 5.41) is 22.3. The third-order valence-corrected chi connectivity index (χ3v) is 6.57. The first-order valence-electron chi connectivity index (χ1n) is 8.07. The zero-order chi connectivity index (χ0) is 21.0. The number of aromatic hydroxyl groups is 1. The summed E-state index contributed by atoms with van der Waals surface area (Å²) in [6.07, 6.45) is 1.44.